The Hall–Kier alpha value is -0.850. The summed E-state index contributed by atoms with van der Waals surface area (Å²) in [5.41, 5.74) is 0.575. The maximum absolute atomic E-state index is 12.5. The van der Waals surface area contributed by atoms with Crippen LogP contribution in [-0.4, -0.2) is 24.6 Å². The van der Waals surface area contributed by atoms with Crippen LogP contribution in [0.4, 0.5) is 0 Å². The van der Waals surface area contributed by atoms with Gasteiger partial charge >= 0.3 is 0 Å². The molecule has 21 heavy (non-hydrogen) atoms. The Bertz CT molecular complexity index is 586. The molecule has 0 spiro atoms. The molecule has 1 aromatic rings. The first-order valence-corrected chi connectivity index (χ1v) is 9.14. The van der Waals surface area contributed by atoms with E-state index >= 15 is 0 Å². The van der Waals surface area contributed by atoms with E-state index in [1.165, 1.54) is 12.8 Å². The molecule has 1 saturated carbocycles. The maximum Gasteiger partial charge on any atom is 0.242 e. The molecule has 1 fully saturated rings. The van der Waals surface area contributed by atoms with Crippen molar-refractivity contribution in [2.75, 3.05) is 0 Å². The Morgan fingerprint density at radius 1 is 1.38 bits per heavy atom. The molecule has 0 atom stereocenters. The van der Waals surface area contributed by atoms with Crippen molar-refractivity contribution in [2.24, 2.45) is 7.05 Å². The molecule has 0 bridgehead atoms. The summed E-state index contributed by atoms with van der Waals surface area (Å²) in [6, 6.07) is 2.38. The second-order valence-corrected chi connectivity index (χ2v) is 8.36. The van der Waals surface area contributed by atoms with E-state index in [1.54, 1.807) is 12.3 Å². The first-order chi connectivity index (χ1) is 9.73. The zero-order chi connectivity index (χ0) is 15.7. The van der Waals surface area contributed by atoms with Crippen molar-refractivity contribution in [3.05, 3.63) is 18.0 Å². The summed E-state index contributed by atoms with van der Waals surface area (Å²) in [5, 5.41) is 3.41. The molecule has 0 unspecified atom stereocenters. The Labute approximate surface area is 128 Å². The molecule has 2 rings (SSSR count). The number of hydrogen-bond acceptors (Lipinski definition) is 3. The SMILES string of the molecule is CCCC(C)(C)NS(=O)(=O)c1cc(CNC2CC2)n(C)c1. The lowest BCUT2D eigenvalue weighted by molar-refractivity contribution is 0.417. The Morgan fingerprint density at radius 3 is 2.62 bits per heavy atom. The zero-order valence-corrected chi connectivity index (χ0v) is 14.3. The normalized spacial score (nSPS) is 16.4. The molecule has 0 radical (unpaired) electrons. The Balaban J connectivity index is 2.10. The summed E-state index contributed by atoms with van der Waals surface area (Å²) in [4.78, 5) is 0.349. The highest BCUT2D eigenvalue weighted by Gasteiger charge is 2.27. The van der Waals surface area contributed by atoms with Crippen molar-refractivity contribution in [1.29, 1.82) is 0 Å². The lowest BCUT2D eigenvalue weighted by Crippen LogP contribution is -2.43. The third-order valence-corrected chi connectivity index (χ3v) is 5.49. The number of hydrogen-bond donors (Lipinski definition) is 2. The summed E-state index contributed by atoms with van der Waals surface area (Å²) in [6.07, 6.45) is 5.90. The van der Waals surface area contributed by atoms with Crippen LogP contribution >= 0.6 is 0 Å². The minimum Gasteiger partial charge on any atom is -0.352 e. The first kappa shape index (κ1) is 16.5. The van der Waals surface area contributed by atoms with E-state index < -0.39 is 15.6 Å². The summed E-state index contributed by atoms with van der Waals surface area (Å²) in [6.45, 7) is 6.62. The fourth-order valence-corrected chi connectivity index (χ4v) is 4.07. The molecular weight excluding hydrogens is 286 g/mol. The minimum atomic E-state index is -3.46. The summed E-state index contributed by atoms with van der Waals surface area (Å²) in [5.74, 6) is 0. The van der Waals surface area contributed by atoms with Gasteiger partial charge in [0.2, 0.25) is 10.0 Å². The van der Waals surface area contributed by atoms with Gasteiger partial charge in [0, 0.05) is 37.1 Å². The van der Waals surface area contributed by atoms with E-state index in [9.17, 15) is 8.42 Å². The standard InChI is InChI=1S/C15H27N3O2S/c1-5-8-15(2,3)17-21(19,20)14-9-13(18(4)11-14)10-16-12-6-7-12/h9,11-12,16-17H,5-8,10H2,1-4H3. The number of sulfonamides is 1. The van der Waals surface area contributed by atoms with Crippen LogP contribution in [0.15, 0.2) is 17.2 Å². The highest BCUT2D eigenvalue weighted by molar-refractivity contribution is 7.89. The van der Waals surface area contributed by atoms with E-state index in [2.05, 4.69) is 17.0 Å². The van der Waals surface area contributed by atoms with E-state index in [4.69, 9.17) is 0 Å². The maximum atomic E-state index is 12.5. The second kappa shape index (κ2) is 6.10. The fraction of sp³-hybridized carbons (Fsp3) is 0.733. The topological polar surface area (TPSA) is 63.1 Å². The van der Waals surface area contributed by atoms with Gasteiger partial charge in [0.15, 0.2) is 0 Å². The van der Waals surface area contributed by atoms with Crippen LogP contribution in [0.2, 0.25) is 0 Å². The average molecular weight is 313 g/mol. The smallest absolute Gasteiger partial charge is 0.242 e. The van der Waals surface area contributed by atoms with E-state index in [0.717, 1.165) is 25.1 Å². The molecule has 0 aliphatic heterocycles. The Kier molecular flexibility index (Phi) is 4.80. The van der Waals surface area contributed by atoms with Gasteiger partial charge in [-0.15, -0.1) is 0 Å². The van der Waals surface area contributed by atoms with Crippen molar-refractivity contribution in [3.8, 4) is 0 Å². The van der Waals surface area contributed by atoms with Gasteiger partial charge in [-0.1, -0.05) is 13.3 Å². The second-order valence-electron chi connectivity index (χ2n) is 6.67. The van der Waals surface area contributed by atoms with Gasteiger partial charge in [-0.05, 0) is 39.2 Å². The van der Waals surface area contributed by atoms with Crippen LogP contribution in [0.3, 0.4) is 0 Å². The number of aromatic nitrogens is 1. The predicted octanol–water partition coefficient (Wildman–Crippen LogP) is 2.13. The van der Waals surface area contributed by atoms with Gasteiger partial charge in [0.05, 0.1) is 4.90 Å². The van der Waals surface area contributed by atoms with Gasteiger partial charge in [-0.2, -0.15) is 0 Å². The van der Waals surface area contributed by atoms with Gasteiger partial charge in [-0.3, -0.25) is 0 Å². The molecule has 5 nitrogen and oxygen atoms in total. The summed E-state index contributed by atoms with van der Waals surface area (Å²) >= 11 is 0. The molecule has 1 aromatic heterocycles. The fourth-order valence-electron chi connectivity index (χ4n) is 2.53. The van der Waals surface area contributed by atoms with Crippen molar-refractivity contribution in [3.63, 3.8) is 0 Å². The highest BCUT2D eigenvalue weighted by Crippen LogP contribution is 2.21. The van der Waals surface area contributed by atoms with E-state index in [-0.39, 0.29) is 0 Å². The van der Waals surface area contributed by atoms with Gasteiger partial charge in [-0.25, -0.2) is 13.1 Å². The molecular formula is C15H27N3O2S. The van der Waals surface area contributed by atoms with Crippen LogP contribution in [0.25, 0.3) is 0 Å². The highest BCUT2D eigenvalue weighted by atomic mass is 32.2. The minimum absolute atomic E-state index is 0.349. The largest absolute Gasteiger partial charge is 0.352 e. The number of rotatable bonds is 8. The summed E-state index contributed by atoms with van der Waals surface area (Å²) < 4.78 is 29.7. The monoisotopic (exact) mass is 313 g/mol. The predicted molar refractivity (Wildman–Crippen MR) is 84.6 cm³/mol. The van der Waals surface area contributed by atoms with Crippen molar-refractivity contribution in [1.82, 2.24) is 14.6 Å². The van der Waals surface area contributed by atoms with E-state index in [1.807, 2.05) is 25.5 Å². The van der Waals surface area contributed by atoms with Crippen molar-refractivity contribution < 1.29 is 8.42 Å². The molecule has 2 N–H and O–H groups in total. The molecule has 0 amide bonds. The number of aryl methyl sites for hydroxylation is 1. The third-order valence-electron chi connectivity index (χ3n) is 3.83. The molecule has 1 heterocycles. The third kappa shape index (κ3) is 4.56. The first-order valence-electron chi connectivity index (χ1n) is 7.66. The van der Waals surface area contributed by atoms with Crippen LogP contribution < -0.4 is 10.0 Å². The van der Waals surface area contributed by atoms with Crippen LogP contribution in [0.1, 0.15) is 52.1 Å². The molecule has 1 aliphatic rings. The average Bonchev–Trinajstić information content (AvgIpc) is 3.08. The number of nitrogens with zero attached hydrogens (tertiary/aromatic N) is 1. The Morgan fingerprint density at radius 2 is 2.05 bits per heavy atom. The quantitative estimate of drug-likeness (QED) is 0.773. The van der Waals surface area contributed by atoms with Crippen molar-refractivity contribution >= 4 is 10.0 Å². The molecule has 120 valence electrons. The molecule has 0 aromatic carbocycles. The van der Waals surface area contributed by atoms with Crippen molar-refractivity contribution in [2.45, 2.75) is 69.5 Å². The molecule has 0 saturated heterocycles. The number of nitrogens with one attached hydrogen (secondary N) is 2. The van der Waals surface area contributed by atoms with E-state index in [0.29, 0.717) is 10.9 Å². The van der Waals surface area contributed by atoms with Crippen LogP contribution in [-0.2, 0) is 23.6 Å². The van der Waals surface area contributed by atoms with Crippen LogP contribution in [0, 0.1) is 0 Å². The molecule has 1 aliphatic carbocycles. The lowest BCUT2D eigenvalue weighted by Gasteiger charge is -2.25. The van der Waals surface area contributed by atoms with Crippen LogP contribution in [0.5, 0.6) is 0 Å². The lowest BCUT2D eigenvalue weighted by atomic mass is 10.0. The zero-order valence-electron chi connectivity index (χ0n) is 13.4. The van der Waals surface area contributed by atoms with Gasteiger partial charge in [0.1, 0.15) is 0 Å². The van der Waals surface area contributed by atoms with Gasteiger partial charge in [0.25, 0.3) is 0 Å². The molecule has 6 heteroatoms. The summed E-state index contributed by atoms with van der Waals surface area (Å²) in [7, 11) is -1.57. The van der Waals surface area contributed by atoms with Gasteiger partial charge < -0.3 is 9.88 Å².